The minimum atomic E-state index is -4.36. The molecule has 6 aromatic rings. The monoisotopic (exact) mass is 872 g/mol. The van der Waals surface area contributed by atoms with E-state index in [0.29, 0.717) is 79.6 Å². The zero-order valence-electron chi connectivity index (χ0n) is 36.5. The van der Waals surface area contributed by atoms with Gasteiger partial charge in [-0.1, -0.05) is 60.7 Å². The van der Waals surface area contributed by atoms with Crippen molar-refractivity contribution in [1.29, 1.82) is 0 Å². The molecule has 2 atom stereocenters. The molecule has 0 radical (unpaired) electrons. The maximum Gasteiger partial charge on any atom is 0.171 e. The number of para-hydroxylation sites is 2. The van der Waals surface area contributed by atoms with Gasteiger partial charge in [-0.3, -0.25) is 0 Å². The summed E-state index contributed by atoms with van der Waals surface area (Å²) in [6.45, 7) is 0. The van der Waals surface area contributed by atoms with E-state index in [1.54, 1.807) is 113 Å². The molecule has 13 heteroatoms. The Kier molecular flexibility index (Phi) is 15.1. The lowest BCUT2D eigenvalue weighted by molar-refractivity contribution is 0.374. The van der Waals surface area contributed by atoms with Crippen molar-refractivity contribution < 1.29 is 46.3 Å². The van der Waals surface area contributed by atoms with E-state index in [9.17, 15) is 0 Å². The SMILES string of the molecule is COc1cc(OC)c(C=CC(c2ccc(OC)c(Nc3ccccc3)c2)S(=O)(=O)C(C=Cc2c(OC)cc(OC)cc2OC)c2ccc(OC)c(Nc3ccccc3)c2)c(OC)c1. The zero-order valence-corrected chi connectivity index (χ0v) is 37.3. The van der Waals surface area contributed by atoms with Crippen molar-refractivity contribution in [3.63, 3.8) is 0 Å². The van der Waals surface area contributed by atoms with E-state index >= 15 is 8.42 Å². The van der Waals surface area contributed by atoms with Gasteiger partial charge in [0.15, 0.2) is 9.84 Å². The Balaban J connectivity index is 1.61. The van der Waals surface area contributed by atoms with Crippen LogP contribution < -0.4 is 48.5 Å². The van der Waals surface area contributed by atoms with Gasteiger partial charge in [0.2, 0.25) is 0 Å². The average Bonchev–Trinajstić information content (AvgIpc) is 3.32. The third-order valence-corrected chi connectivity index (χ3v) is 12.6. The fourth-order valence-corrected chi connectivity index (χ4v) is 9.06. The van der Waals surface area contributed by atoms with Gasteiger partial charge >= 0.3 is 0 Å². The maximum atomic E-state index is 16.0. The highest BCUT2D eigenvalue weighted by atomic mass is 32.2. The molecule has 0 bridgehead atoms. The lowest BCUT2D eigenvalue weighted by atomic mass is 10.1. The smallest absolute Gasteiger partial charge is 0.171 e. The molecule has 0 heterocycles. The van der Waals surface area contributed by atoms with Crippen LogP contribution in [-0.4, -0.2) is 65.3 Å². The quantitative estimate of drug-likeness (QED) is 0.0757. The normalized spacial score (nSPS) is 12.3. The predicted molar refractivity (Wildman–Crippen MR) is 250 cm³/mol. The fraction of sp³-hybridized carbons (Fsp3) is 0.200. The number of benzene rings is 6. The van der Waals surface area contributed by atoms with Gasteiger partial charge in [0.25, 0.3) is 0 Å². The first-order valence-corrected chi connectivity index (χ1v) is 21.4. The number of ether oxygens (including phenoxy) is 8. The van der Waals surface area contributed by atoms with Crippen LogP contribution in [0.2, 0.25) is 0 Å². The van der Waals surface area contributed by atoms with Crippen LogP contribution in [0.5, 0.6) is 46.0 Å². The molecule has 0 spiro atoms. The van der Waals surface area contributed by atoms with Gasteiger partial charge in [-0.25, -0.2) is 8.42 Å². The van der Waals surface area contributed by atoms with Gasteiger partial charge in [-0.05, 0) is 71.8 Å². The van der Waals surface area contributed by atoms with Gasteiger partial charge in [0.05, 0.1) is 79.4 Å². The molecular formula is C50H52N2O10S. The second-order valence-corrected chi connectivity index (χ2v) is 16.1. The first-order valence-electron chi connectivity index (χ1n) is 19.8. The van der Waals surface area contributed by atoms with Crippen molar-refractivity contribution in [2.45, 2.75) is 10.5 Å². The largest absolute Gasteiger partial charge is 0.496 e. The molecule has 63 heavy (non-hydrogen) atoms. The number of nitrogens with one attached hydrogen (secondary N) is 2. The molecule has 12 nitrogen and oxygen atoms in total. The number of anilines is 4. The van der Waals surface area contributed by atoms with Crippen molar-refractivity contribution in [3.05, 3.63) is 156 Å². The fourth-order valence-electron chi connectivity index (χ4n) is 7.09. The molecule has 6 aromatic carbocycles. The van der Waals surface area contributed by atoms with E-state index in [-0.39, 0.29) is 0 Å². The Bertz CT molecular complexity index is 2430. The number of hydrogen-bond donors (Lipinski definition) is 2. The Labute approximate surface area is 369 Å². The lowest BCUT2D eigenvalue weighted by Gasteiger charge is -2.24. The Hall–Kier alpha value is -7.25. The van der Waals surface area contributed by atoms with Crippen LogP contribution in [0.25, 0.3) is 12.2 Å². The molecule has 6 rings (SSSR count). The van der Waals surface area contributed by atoms with Crippen LogP contribution >= 0.6 is 0 Å². The Morgan fingerprint density at radius 2 is 0.746 bits per heavy atom. The summed E-state index contributed by atoms with van der Waals surface area (Å²) in [6.07, 6.45) is 6.66. The van der Waals surface area contributed by atoms with Gasteiger partial charge in [-0.15, -0.1) is 0 Å². The van der Waals surface area contributed by atoms with Crippen molar-refractivity contribution in [2.75, 3.05) is 67.5 Å². The summed E-state index contributed by atoms with van der Waals surface area (Å²) in [7, 11) is 7.96. The molecule has 0 fully saturated rings. The lowest BCUT2D eigenvalue weighted by Crippen LogP contribution is -2.19. The van der Waals surface area contributed by atoms with Crippen molar-refractivity contribution in [2.24, 2.45) is 0 Å². The summed E-state index contributed by atoms with van der Waals surface area (Å²) >= 11 is 0. The topological polar surface area (TPSA) is 132 Å². The molecule has 0 aliphatic rings. The molecule has 0 aromatic heterocycles. The highest BCUT2D eigenvalue weighted by molar-refractivity contribution is 7.92. The highest BCUT2D eigenvalue weighted by Gasteiger charge is 2.35. The standard InChI is InChI=1S/C50H52N2O10S/c1-55-37-29-45(59-5)39(46(30-37)60-6)21-25-49(33-19-23-43(57-3)41(27-33)51-35-15-11-9-12-16-35)63(53,54)50(26-22-40-47(61-7)31-38(56-2)32-48(40)62-8)34-20-24-44(58-4)42(28-34)52-36-17-13-10-14-18-36/h9-32,49-52H,1-8H3. The molecule has 2 unspecified atom stereocenters. The van der Waals surface area contributed by atoms with E-state index in [2.05, 4.69) is 10.6 Å². The maximum absolute atomic E-state index is 16.0. The molecule has 328 valence electrons. The van der Waals surface area contributed by atoms with Crippen LogP contribution in [0, 0.1) is 0 Å². The highest BCUT2D eigenvalue weighted by Crippen LogP contribution is 2.44. The average molecular weight is 873 g/mol. The van der Waals surface area contributed by atoms with Crippen LogP contribution in [-0.2, 0) is 9.84 Å². The van der Waals surface area contributed by atoms with E-state index in [1.807, 2.05) is 60.7 Å². The van der Waals surface area contributed by atoms with Crippen molar-refractivity contribution in [1.82, 2.24) is 0 Å². The number of hydrogen-bond acceptors (Lipinski definition) is 12. The molecule has 0 saturated carbocycles. The van der Waals surface area contributed by atoms with E-state index < -0.39 is 20.3 Å². The first-order chi connectivity index (χ1) is 30.6. The molecule has 0 aliphatic carbocycles. The summed E-state index contributed by atoms with van der Waals surface area (Å²) in [5.41, 5.74) is 4.62. The molecular weight excluding hydrogens is 821 g/mol. The van der Waals surface area contributed by atoms with Crippen LogP contribution in [0.1, 0.15) is 32.8 Å². The summed E-state index contributed by atoms with van der Waals surface area (Å²) in [4.78, 5) is 0. The molecule has 0 amide bonds. The van der Waals surface area contributed by atoms with Crippen LogP contribution in [0.15, 0.2) is 133 Å². The van der Waals surface area contributed by atoms with Gasteiger partial charge < -0.3 is 48.5 Å². The van der Waals surface area contributed by atoms with Crippen LogP contribution in [0.4, 0.5) is 22.7 Å². The van der Waals surface area contributed by atoms with E-state index in [0.717, 1.165) is 11.4 Å². The second kappa shape index (κ2) is 21.0. The third-order valence-electron chi connectivity index (χ3n) is 10.3. The first kappa shape index (κ1) is 45.3. The van der Waals surface area contributed by atoms with Crippen LogP contribution in [0.3, 0.4) is 0 Å². The van der Waals surface area contributed by atoms with Gasteiger partial charge in [0.1, 0.15) is 56.5 Å². The molecule has 0 saturated heterocycles. The zero-order chi connectivity index (χ0) is 44.9. The predicted octanol–water partition coefficient (Wildman–Crippen LogP) is 10.9. The van der Waals surface area contributed by atoms with Crippen molar-refractivity contribution in [3.8, 4) is 46.0 Å². The van der Waals surface area contributed by atoms with Gasteiger partial charge in [-0.2, -0.15) is 0 Å². The summed E-state index contributed by atoms with van der Waals surface area (Å²) < 4.78 is 77.5. The van der Waals surface area contributed by atoms with Crippen molar-refractivity contribution >= 4 is 44.7 Å². The molecule has 0 aliphatic heterocycles. The second-order valence-electron chi connectivity index (χ2n) is 13.9. The Morgan fingerprint density at radius 3 is 1.05 bits per heavy atom. The third kappa shape index (κ3) is 10.4. The summed E-state index contributed by atoms with van der Waals surface area (Å²) in [5.74, 6) is 3.72. The molecule has 2 N–H and O–H groups in total. The minimum Gasteiger partial charge on any atom is -0.496 e. The minimum absolute atomic E-state index is 0.418. The van der Waals surface area contributed by atoms with E-state index in [4.69, 9.17) is 37.9 Å². The summed E-state index contributed by atoms with van der Waals surface area (Å²) in [5, 5.41) is 4.25. The number of methoxy groups -OCH3 is 8. The van der Waals surface area contributed by atoms with Gasteiger partial charge in [0, 0.05) is 35.6 Å². The Morgan fingerprint density at radius 1 is 0.413 bits per heavy atom. The summed E-state index contributed by atoms with van der Waals surface area (Å²) in [6, 6.07) is 36.5. The van der Waals surface area contributed by atoms with E-state index in [1.165, 1.54) is 28.4 Å². The number of rotatable bonds is 20. The number of sulfone groups is 1.